The molecule has 0 fully saturated rings. The zero-order chi connectivity index (χ0) is 23.9. The monoisotopic (exact) mass is 481 g/mol. The van der Waals surface area contributed by atoms with Crippen LogP contribution in [0.25, 0.3) is 0 Å². The van der Waals surface area contributed by atoms with Crippen molar-refractivity contribution in [3.05, 3.63) is 40.6 Å². The van der Waals surface area contributed by atoms with Gasteiger partial charge in [-0.1, -0.05) is 19.9 Å². The van der Waals surface area contributed by atoms with E-state index in [1.807, 2.05) is 31.4 Å². The minimum absolute atomic E-state index is 0.00572. The van der Waals surface area contributed by atoms with Crippen LogP contribution in [0.15, 0.2) is 40.6 Å². The van der Waals surface area contributed by atoms with Gasteiger partial charge in [-0.05, 0) is 43.5 Å². The number of ether oxygens (including phenoxy) is 1. The lowest BCUT2D eigenvalue weighted by Gasteiger charge is -2.21. The molecule has 176 valence electrons. The molecule has 0 aliphatic heterocycles. The Hall–Kier alpha value is -2.43. The molecule has 1 aromatic heterocycles. The van der Waals surface area contributed by atoms with Crippen molar-refractivity contribution in [3.8, 4) is 5.75 Å². The first-order valence-electron chi connectivity index (χ1n) is 10.5. The Morgan fingerprint density at radius 1 is 1.16 bits per heavy atom. The number of hydrogen-bond acceptors (Lipinski definition) is 6. The molecule has 0 radical (unpaired) electrons. The summed E-state index contributed by atoms with van der Waals surface area (Å²) < 4.78 is 33.0. The highest BCUT2D eigenvalue weighted by molar-refractivity contribution is 7.89. The average molecular weight is 482 g/mol. The summed E-state index contributed by atoms with van der Waals surface area (Å²) in [7, 11) is -3.71. The predicted molar refractivity (Wildman–Crippen MR) is 126 cm³/mol. The second-order valence-electron chi connectivity index (χ2n) is 7.43. The van der Waals surface area contributed by atoms with Gasteiger partial charge < -0.3 is 15.4 Å². The van der Waals surface area contributed by atoms with Crippen molar-refractivity contribution in [1.29, 1.82) is 0 Å². The van der Waals surface area contributed by atoms with Crippen molar-refractivity contribution < 1.29 is 22.7 Å². The first-order valence-corrected chi connectivity index (χ1v) is 12.8. The summed E-state index contributed by atoms with van der Waals surface area (Å²) in [6, 6.07) is 7.67. The minimum Gasteiger partial charge on any atom is -0.489 e. The maximum absolute atomic E-state index is 12.9. The number of amides is 2. The van der Waals surface area contributed by atoms with Crippen molar-refractivity contribution in [3.63, 3.8) is 0 Å². The molecule has 0 aliphatic rings. The smallest absolute Gasteiger partial charge is 0.243 e. The van der Waals surface area contributed by atoms with Crippen LogP contribution >= 0.6 is 11.3 Å². The SMILES string of the molecule is CCN(CC)S(=O)(=O)c1ccc(OC(C)C)c(NC(=O)CC(NC(C)=O)c2cccs2)c1. The summed E-state index contributed by atoms with van der Waals surface area (Å²) in [4.78, 5) is 25.4. The van der Waals surface area contributed by atoms with E-state index in [9.17, 15) is 18.0 Å². The Morgan fingerprint density at radius 2 is 1.84 bits per heavy atom. The molecule has 1 aromatic carbocycles. The third-order valence-corrected chi connectivity index (χ3v) is 7.62. The van der Waals surface area contributed by atoms with E-state index in [1.165, 1.54) is 34.7 Å². The number of sulfonamides is 1. The molecule has 0 aliphatic carbocycles. The first kappa shape index (κ1) is 25.8. The third kappa shape index (κ3) is 6.78. The molecule has 2 amide bonds. The van der Waals surface area contributed by atoms with E-state index >= 15 is 0 Å². The number of nitrogens with one attached hydrogen (secondary N) is 2. The molecule has 0 saturated heterocycles. The molecule has 8 nitrogen and oxygen atoms in total. The first-order chi connectivity index (χ1) is 15.1. The topological polar surface area (TPSA) is 105 Å². The van der Waals surface area contributed by atoms with E-state index in [4.69, 9.17) is 4.74 Å². The van der Waals surface area contributed by atoms with E-state index in [-0.39, 0.29) is 34.9 Å². The van der Waals surface area contributed by atoms with Gasteiger partial charge in [0.15, 0.2) is 0 Å². The standard InChI is InChI=1S/C22H31N3O5S2/c1-6-25(7-2)32(28,29)17-10-11-20(30-15(3)4)18(13-17)24-22(27)14-19(23-16(5)26)21-9-8-12-31-21/h8-13,15,19H,6-7,14H2,1-5H3,(H,23,26)(H,24,27). The van der Waals surface area contributed by atoms with E-state index in [0.29, 0.717) is 18.8 Å². The molecule has 0 saturated carbocycles. The Morgan fingerprint density at radius 3 is 2.38 bits per heavy atom. The van der Waals surface area contributed by atoms with Gasteiger partial charge in [-0.3, -0.25) is 9.59 Å². The fourth-order valence-corrected chi connectivity index (χ4v) is 5.44. The largest absolute Gasteiger partial charge is 0.489 e. The number of nitrogens with zero attached hydrogens (tertiary/aromatic N) is 1. The van der Waals surface area contributed by atoms with Crippen LogP contribution in [0.2, 0.25) is 0 Å². The fourth-order valence-electron chi connectivity index (χ4n) is 3.18. The van der Waals surface area contributed by atoms with Crippen molar-refractivity contribution in [2.45, 2.75) is 58.1 Å². The zero-order valence-electron chi connectivity index (χ0n) is 19.0. The van der Waals surface area contributed by atoms with Crippen LogP contribution in [-0.4, -0.2) is 43.7 Å². The van der Waals surface area contributed by atoms with Crippen LogP contribution in [0.4, 0.5) is 5.69 Å². The average Bonchev–Trinajstić information content (AvgIpc) is 3.23. The van der Waals surface area contributed by atoms with Gasteiger partial charge in [0, 0.05) is 24.9 Å². The Labute approximate surface area is 194 Å². The van der Waals surface area contributed by atoms with E-state index < -0.39 is 16.1 Å². The van der Waals surface area contributed by atoms with Crippen LogP contribution < -0.4 is 15.4 Å². The van der Waals surface area contributed by atoms with Gasteiger partial charge in [0.1, 0.15) is 5.75 Å². The summed E-state index contributed by atoms with van der Waals surface area (Å²) in [6.07, 6.45) is -0.178. The molecule has 2 N–H and O–H groups in total. The molecule has 0 spiro atoms. The number of hydrogen-bond donors (Lipinski definition) is 2. The lowest BCUT2D eigenvalue weighted by atomic mass is 10.1. The van der Waals surface area contributed by atoms with Gasteiger partial charge in [-0.15, -0.1) is 11.3 Å². The number of rotatable bonds is 11. The quantitative estimate of drug-likeness (QED) is 0.508. The van der Waals surface area contributed by atoms with Gasteiger partial charge in [0.25, 0.3) is 0 Å². The second kappa shape index (κ2) is 11.4. The van der Waals surface area contributed by atoms with Gasteiger partial charge in [-0.25, -0.2) is 8.42 Å². The molecule has 32 heavy (non-hydrogen) atoms. The summed E-state index contributed by atoms with van der Waals surface area (Å²) in [6.45, 7) is 9.30. The summed E-state index contributed by atoms with van der Waals surface area (Å²) in [5.74, 6) is -0.241. The van der Waals surface area contributed by atoms with Gasteiger partial charge in [-0.2, -0.15) is 4.31 Å². The molecular weight excluding hydrogens is 450 g/mol. The van der Waals surface area contributed by atoms with E-state index in [1.54, 1.807) is 19.9 Å². The Balaban J connectivity index is 2.34. The van der Waals surface area contributed by atoms with Gasteiger partial charge >= 0.3 is 0 Å². The van der Waals surface area contributed by atoms with Gasteiger partial charge in [0.2, 0.25) is 21.8 Å². The van der Waals surface area contributed by atoms with Crippen LogP contribution in [0.1, 0.15) is 52.0 Å². The van der Waals surface area contributed by atoms with Crippen LogP contribution in [-0.2, 0) is 19.6 Å². The number of carbonyl (C=O) groups is 2. The van der Waals surface area contributed by atoms with E-state index in [2.05, 4.69) is 10.6 Å². The van der Waals surface area contributed by atoms with Gasteiger partial charge in [0.05, 0.1) is 29.1 Å². The number of benzene rings is 1. The maximum atomic E-state index is 12.9. The minimum atomic E-state index is -3.71. The normalized spacial score (nSPS) is 12.6. The lowest BCUT2D eigenvalue weighted by Crippen LogP contribution is -2.31. The summed E-state index contributed by atoms with van der Waals surface area (Å²) >= 11 is 1.44. The van der Waals surface area contributed by atoms with Crippen molar-refractivity contribution >= 4 is 38.9 Å². The highest BCUT2D eigenvalue weighted by atomic mass is 32.2. The predicted octanol–water partition coefficient (Wildman–Crippen LogP) is 3.77. The molecule has 1 unspecified atom stereocenters. The molecular formula is C22H31N3O5S2. The molecule has 1 heterocycles. The highest BCUT2D eigenvalue weighted by Crippen LogP contribution is 2.31. The number of thiophene rings is 1. The maximum Gasteiger partial charge on any atom is 0.243 e. The number of carbonyl (C=O) groups excluding carboxylic acids is 2. The van der Waals surface area contributed by atoms with Crippen molar-refractivity contribution in [2.24, 2.45) is 0 Å². The molecule has 2 aromatic rings. The molecule has 10 heteroatoms. The van der Waals surface area contributed by atoms with Crippen LogP contribution in [0.3, 0.4) is 0 Å². The highest BCUT2D eigenvalue weighted by Gasteiger charge is 2.24. The summed E-state index contributed by atoms with van der Waals surface area (Å²) in [5, 5.41) is 7.44. The van der Waals surface area contributed by atoms with Crippen molar-refractivity contribution in [2.75, 3.05) is 18.4 Å². The molecule has 0 bridgehead atoms. The third-order valence-electron chi connectivity index (χ3n) is 4.58. The molecule has 1 atom stereocenters. The Bertz CT molecular complexity index is 1020. The second-order valence-corrected chi connectivity index (χ2v) is 10.4. The fraction of sp³-hybridized carbons (Fsp3) is 0.455. The van der Waals surface area contributed by atoms with Crippen molar-refractivity contribution in [1.82, 2.24) is 9.62 Å². The lowest BCUT2D eigenvalue weighted by molar-refractivity contribution is -0.120. The number of anilines is 1. The zero-order valence-corrected chi connectivity index (χ0v) is 20.7. The van der Waals surface area contributed by atoms with Crippen LogP contribution in [0, 0.1) is 0 Å². The Kier molecular flexibility index (Phi) is 9.23. The summed E-state index contributed by atoms with van der Waals surface area (Å²) in [5.41, 5.74) is 0.268. The molecule has 2 rings (SSSR count). The van der Waals surface area contributed by atoms with E-state index in [0.717, 1.165) is 4.88 Å². The van der Waals surface area contributed by atoms with Crippen LogP contribution in [0.5, 0.6) is 5.75 Å².